The normalized spacial score (nSPS) is 12.6. The highest BCUT2D eigenvalue weighted by atomic mass is 32.2. The SMILES string of the molecule is C=CCOCC(COc1ccc(CCCCCCCC)cc1)OCOCS(=O)(=O)ON. The first kappa shape index (κ1) is 27.5. The Kier molecular flexibility index (Phi) is 15.2. The summed E-state index contributed by atoms with van der Waals surface area (Å²) in [7, 11) is -3.91. The van der Waals surface area contributed by atoms with Crippen LogP contribution in [0.4, 0.5) is 0 Å². The van der Waals surface area contributed by atoms with Crippen molar-refractivity contribution in [2.75, 3.05) is 32.6 Å². The van der Waals surface area contributed by atoms with Gasteiger partial charge in [-0.3, -0.25) is 0 Å². The maximum Gasteiger partial charge on any atom is 0.307 e. The van der Waals surface area contributed by atoms with Crippen LogP contribution in [-0.2, 0) is 35.0 Å². The van der Waals surface area contributed by atoms with E-state index in [1.807, 2.05) is 12.1 Å². The fourth-order valence-corrected chi connectivity index (χ4v) is 3.11. The highest BCUT2D eigenvalue weighted by molar-refractivity contribution is 7.86. The average molecular weight is 460 g/mol. The Morgan fingerprint density at radius 1 is 1.03 bits per heavy atom. The molecule has 0 aliphatic carbocycles. The first-order valence-corrected chi connectivity index (χ1v) is 12.3. The Morgan fingerprint density at radius 2 is 1.74 bits per heavy atom. The van der Waals surface area contributed by atoms with E-state index in [-0.39, 0.29) is 20.0 Å². The lowest BCUT2D eigenvalue weighted by Crippen LogP contribution is -2.29. The molecule has 0 bridgehead atoms. The van der Waals surface area contributed by atoms with E-state index < -0.39 is 22.2 Å². The van der Waals surface area contributed by atoms with Gasteiger partial charge in [-0.05, 0) is 30.5 Å². The van der Waals surface area contributed by atoms with Gasteiger partial charge >= 0.3 is 10.1 Å². The molecule has 0 aliphatic rings. The number of aryl methyl sites for hydroxylation is 1. The van der Waals surface area contributed by atoms with Crippen LogP contribution >= 0.6 is 0 Å². The zero-order valence-electron chi connectivity index (χ0n) is 18.5. The quantitative estimate of drug-likeness (QED) is 0.136. The summed E-state index contributed by atoms with van der Waals surface area (Å²) in [4.78, 5) is 0. The zero-order valence-corrected chi connectivity index (χ0v) is 19.3. The van der Waals surface area contributed by atoms with Gasteiger partial charge in [0.2, 0.25) is 0 Å². The Morgan fingerprint density at radius 3 is 2.42 bits per heavy atom. The molecular formula is C22H37NO7S. The van der Waals surface area contributed by atoms with Crippen LogP contribution in [0, 0.1) is 0 Å². The van der Waals surface area contributed by atoms with E-state index in [1.54, 1.807) is 6.08 Å². The number of hydrogen-bond acceptors (Lipinski definition) is 8. The standard InChI is InChI=1S/C22H37NO7S/c1-3-5-6-7-8-9-10-20-11-13-21(14-12-20)28-17-22(16-26-15-4-2)29-18-27-19-31(24,25)30-23/h4,11-14,22H,2-3,5-10,15-19,23H2,1H3. The first-order chi connectivity index (χ1) is 15.0. The fourth-order valence-electron chi connectivity index (χ4n) is 2.79. The Bertz CT molecular complexity index is 680. The summed E-state index contributed by atoms with van der Waals surface area (Å²) in [6.07, 6.45) is 9.93. The zero-order chi connectivity index (χ0) is 22.8. The molecule has 0 saturated carbocycles. The third-order valence-corrected chi connectivity index (χ3v) is 5.23. The van der Waals surface area contributed by atoms with E-state index in [0.29, 0.717) is 6.61 Å². The first-order valence-electron chi connectivity index (χ1n) is 10.7. The van der Waals surface area contributed by atoms with E-state index in [0.717, 1.165) is 12.2 Å². The van der Waals surface area contributed by atoms with E-state index >= 15 is 0 Å². The van der Waals surface area contributed by atoms with Gasteiger partial charge in [-0.15, -0.1) is 6.58 Å². The Balaban J connectivity index is 2.37. The third kappa shape index (κ3) is 14.2. The van der Waals surface area contributed by atoms with Gasteiger partial charge in [-0.25, -0.2) is 0 Å². The monoisotopic (exact) mass is 459 g/mol. The summed E-state index contributed by atoms with van der Waals surface area (Å²) >= 11 is 0. The number of hydrogen-bond donors (Lipinski definition) is 1. The molecule has 0 heterocycles. The van der Waals surface area contributed by atoms with Crippen LogP contribution in [0.5, 0.6) is 5.75 Å². The highest BCUT2D eigenvalue weighted by Gasteiger charge is 2.13. The molecule has 2 N–H and O–H groups in total. The van der Waals surface area contributed by atoms with Crippen LogP contribution in [0.3, 0.4) is 0 Å². The third-order valence-electron chi connectivity index (χ3n) is 4.48. The van der Waals surface area contributed by atoms with Crippen LogP contribution in [0.2, 0.25) is 0 Å². The number of nitrogens with two attached hydrogens (primary N) is 1. The lowest BCUT2D eigenvalue weighted by atomic mass is 10.0. The maximum absolute atomic E-state index is 11.1. The molecule has 1 unspecified atom stereocenters. The van der Waals surface area contributed by atoms with Gasteiger partial charge in [0, 0.05) is 0 Å². The number of ether oxygens (including phenoxy) is 4. The van der Waals surface area contributed by atoms with Gasteiger partial charge in [0.05, 0.1) is 13.2 Å². The molecule has 178 valence electrons. The second kappa shape index (κ2) is 17.1. The number of unbranched alkanes of at least 4 members (excludes halogenated alkanes) is 5. The Labute approximate surface area is 186 Å². The Hall–Kier alpha value is -1.49. The van der Waals surface area contributed by atoms with Gasteiger partial charge in [-0.2, -0.15) is 18.6 Å². The summed E-state index contributed by atoms with van der Waals surface area (Å²) in [5, 5.41) is 0. The van der Waals surface area contributed by atoms with Crippen LogP contribution in [0.1, 0.15) is 51.0 Å². The number of rotatable bonds is 20. The highest BCUT2D eigenvalue weighted by Crippen LogP contribution is 2.16. The predicted molar refractivity (Wildman–Crippen MR) is 120 cm³/mol. The van der Waals surface area contributed by atoms with Crippen LogP contribution in [0.15, 0.2) is 36.9 Å². The van der Waals surface area contributed by atoms with Gasteiger partial charge in [0.25, 0.3) is 0 Å². The van der Waals surface area contributed by atoms with Crippen molar-refractivity contribution in [1.82, 2.24) is 0 Å². The molecule has 1 rings (SSSR count). The van der Waals surface area contributed by atoms with Crippen LogP contribution in [-0.4, -0.2) is 47.1 Å². The molecule has 9 heteroatoms. The van der Waals surface area contributed by atoms with E-state index in [2.05, 4.69) is 35.8 Å². The van der Waals surface area contributed by atoms with Gasteiger partial charge in [0.1, 0.15) is 25.3 Å². The lowest BCUT2D eigenvalue weighted by molar-refractivity contribution is -0.111. The molecule has 8 nitrogen and oxygen atoms in total. The summed E-state index contributed by atoms with van der Waals surface area (Å²) < 4.78 is 47.7. The van der Waals surface area contributed by atoms with Gasteiger partial charge < -0.3 is 18.9 Å². The van der Waals surface area contributed by atoms with Crippen molar-refractivity contribution in [2.45, 2.75) is 58.0 Å². The van der Waals surface area contributed by atoms with Crippen molar-refractivity contribution in [3.8, 4) is 5.75 Å². The second-order valence-electron chi connectivity index (χ2n) is 7.18. The minimum absolute atomic E-state index is 0.220. The molecule has 0 radical (unpaired) electrons. The average Bonchev–Trinajstić information content (AvgIpc) is 2.77. The molecule has 1 aromatic rings. The van der Waals surface area contributed by atoms with Crippen LogP contribution < -0.4 is 10.6 Å². The maximum atomic E-state index is 11.1. The van der Waals surface area contributed by atoms with E-state index in [4.69, 9.17) is 18.9 Å². The molecular weight excluding hydrogens is 422 g/mol. The molecule has 1 aromatic carbocycles. The van der Waals surface area contributed by atoms with Crippen LogP contribution in [0.25, 0.3) is 0 Å². The molecule has 0 spiro atoms. The number of benzene rings is 1. The molecule has 1 atom stereocenters. The summed E-state index contributed by atoms with van der Waals surface area (Å²) in [5.41, 5.74) is 1.29. The van der Waals surface area contributed by atoms with E-state index in [1.165, 1.54) is 44.1 Å². The largest absolute Gasteiger partial charge is 0.491 e. The molecule has 0 saturated heterocycles. The predicted octanol–water partition coefficient (Wildman–Crippen LogP) is 3.71. The molecule has 31 heavy (non-hydrogen) atoms. The summed E-state index contributed by atoms with van der Waals surface area (Å²) in [5.74, 6) is 4.67. The van der Waals surface area contributed by atoms with Crippen molar-refractivity contribution in [3.05, 3.63) is 42.5 Å². The van der Waals surface area contributed by atoms with Crippen molar-refractivity contribution >= 4 is 10.1 Å². The van der Waals surface area contributed by atoms with Gasteiger partial charge in [0.15, 0.2) is 5.94 Å². The summed E-state index contributed by atoms with van der Waals surface area (Å²) in [6.45, 7) is 6.38. The van der Waals surface area contributed by atoms with Crippen molar-refractivity contribution in [3.63, 3.8) is 0 Å². The lowest BCUT2D eigenvalue weighted by Gasteiger charge is -2.18. The van der Waals surface area contributed by atoms with E-state index in [9.17, 15) is 8.42 Å². The fraction of sp³-hybridized carbons (Fsp3) is 0.636. The molecule has 0 aromatic heterocycles. The summed E-state index contributed by atoms with van der Waals surface area (Å²) in [6, 6.07) is 8.03. The van der Waals surface area contributed by atoms with Crippen molar-refractivity contribution in [1.29, 1.82) is 0 Å². The smallest absolute Gasteiger partial charge is 0.307 e. The topological polar surface area (TPSA) is 106 Å². The van der Waals surface area contributed by atoms with Crippen molar-refractivity contribution in [2.24, 2.45) is 5.90 Å². The van der Waals surface area contributed by atoms with Crippen molar-refractivity contribution < 1.29 is 31.6 Å². The van der Waals surface area contributed by atoms with Gasteiger partial charge in [-0.1, -0.05) is 57.2 Å². The molecule has 0 aliphatic heterocycles. The minimum Gasteiger partial charge on any atom is -0.491 e. The molecule has 0 fully saturated rings. The molecule has 0 amide bonds. The minimum atomic E-state index is -3.91. The second-order valence-corrected chi connectivity index (χ2v) is 8.72.